The molecule has 1 rings (SSSR count). The van der Waals surface area contributed by atoms with Crippen molar-refractivity contribution in [2.45, 2.75) is 19.9 Å². The normalized spacial score (nSPS) is 12.8. The first-order chi connectivity index (χ1) is 5.52. The van der Waals surface area contributed by atoms with Crippen molar-refractivity contribution >= 4 is 11.8 Å². The minimum absolute atomic E-state index is 0.378. The smallest absolute Gasteiger partial charge is 0.328 e. The predicted octanol–water partition coefficient (Wildman–Crippen LogP) is 0.419. The van der Waals surface area contributed by atoms with Crippen molar-refractivity contribution in [2.24, 2.45) is 0 Å². The first kappa shape index (κ1) is 8.58. The van der Waals surface area contributed by atoms with E-state index >= 15 is 0 Å². The summed E-state index contributed by atoms with van der Waals surface area (Å²) in [6.07, 6.45) is 1.62. The summed E-state index contributed by atoms with van der Waals surface area (Å²) < 4.78 is 1.34. The van der Waals surface area contributed by atoms with Gasteiger partial charge in [-0.05, 0) is 13.8 Å². The molecule has 0 saturated carbocycles. The summed E-state index contributed by atoms with van der Waals surface area (Å²) >= 11 is 0. The largest absolute Gasteiger partial charge is 0.480 e. The number of hydrogen-bond donors (Lipinski definition) is 2. The summed E-state index contributed by atoms with van der Waals surface area (Å²) in [6, 6.07) is -0.666. The second kappa shape index (κ2) is 2.84. The molecule has 0 aliphatic rings. The van der Waals surface area contributed by atoms with Crippen LogP contribution in [-0.4, -0.2) is 20.9 Å². The van der Waals surface area contributed by atoms with Crippen LogP contribution in [-0.2, 0) is 4.79 Å². The lowest BCUT2D eigenvalue weighted by Gasteiger charge is -2.04. The van der Waals surface area contributed by atoms with E-state index in [4.69, 9.17) is 10.8 Å². The Morgan fingerprint density at radius 1 is 1.83 bits per heavy atom. The van der Waals surface area contributed by atoms with Gasteiger partial charge in [0.05, 0.1) is 0 Å². The van der Waals surface area contributed by atoms with Gasteiger partial charge in [0.25, 0.3) is 0 Å². The lowest BCUT2D eigenvalue weighted by molar-refractivity contribution is -0.140. The van der Waals surface area contributed by atoms with Gasteiger partial charge in [0.1, 0.15) is 11.9 Å². The van der Waals surface area contributed by atoms with Crippen LogP contribution in [0.1, 0.15) is 18.5 Å². The third kappa shape index (κ3) is 1.39. The van der Waals surface area contributed by atoms with Gasteiger partial charge in [0.2, 0.25) is 0 Å². The number of nitrogen functional groups attached to an aromatic ring is 1. The molecule has 5 heteroatoms. The third-order valence-corrected chi connectivity index (χ3v) is 1.71. The Bertz CT molecular complexity index is 286. The van der Waals surface area contributed by atoms with Gasteiger partial charge in [-0.15, -0.1) is 0 Å². The van der Waals surface area contributed by atoms with E-state index in [0.29, 0.717) is 5.82 Å². The predicted molar refractivity (Wildman–Crippen MR) is 43.7 cm³/mol. The van der Waals surface area contributed by atoms with E-state index in [1.807, 2.05) is 0 Å². The Kier molecular flexibility index (Phi) is 2.03. The molecule has 0 aliphatic heterocycles. The maximum Gasteiger partial charge on any atom is 0.328 e. The molecule has 1 heterocycles. The number of carboxylic acids is 1. The minimum Gasteiger partial charge on any atom is -0.480 e. The topological polar surface area (TPSA) is 81.1 Å². The third-order valence-electron chi connectivity index (χ3n) is 1.71. The van der Waals surface area contributed by atoms with Gasteiger partial charge in [0, 0.05) is 11.8 Å². The molecular formula is C7H11N3O2. The van der Waals surface area contributed by atoms with E-state index in [2.05, 4.69) is 5.10 Å². The second-order valence-corrected chi connectivity index (χ2v) is 2.69. The van der Waals surface area contributed by atoms with Crippen LogP contribution in [0.5, 0.6) is 0 Å². The fourth-order valence-corrected chi connectivity index (χ4v) is 0.808. The Morgan fingerprint density at radius 3 is 2.75 bits per heavy atom. The summed E-state index contributed by atoms with van der Waals surface area (Å²) in [5, 5.41) is 12.5. The molecule has 0 aliphatic carbocycles. The molecule has 0 saturated heterocycles. The monoisotopic (exact) mass is 169 g/mol. The van der Waals surface area contributed by atoms with Crippen LogP contribution in [0, 0.1) is 6.92 Å². The van der Waals surface area contributed by atoms with Gasteiger partial charge in [-0.2, -0.15) is 5.10 Å². The molecule has 12 heavy (non-hydrogen) atoms. The maximum absolute atomic E-state index is 10.5. The highest BCUT2D eigenvalue weighted by Crippen LogP contribution is 2.11. The van der Waals surface area contributed by atoms with E-state index in [-0.39, 0.29) is 0 Å². The molecule has 1 aromatic rings. The highest BCUT2D eigenvalue weighted by molar-refractivity contribution is 5.71. The molecule has 0 amide bonds. The Hall–Kier alpha value is -1.52. The van der Waals surface area contributed by atoms with Crippen molar-refractivity contribution in [3.63, 3.8) is 0 Å². The summed E-state index contributed by atoms with van der Waals surface area (Å²) in [5.74, 6) is -0.541. The van der Waals surface area contributed by atoms with Gasteiger partial charge in [0.15, 0.2) is 0 Å². The fraction of sp³-hybridized carbons (Fsp3) is 0.429. The Labute approximate surface area is 69.8 Å². The summed E-state index contributed by atoms with van der Waals surface area (Å²) in [4.78, 5) is 10.5. The Morgan fingerprint density at radius 2 is 2.42 bits per heavy atom. The number of aliphatic carboxylic acids is 1. The molecule has 0 bridgehead atoms. The van der Waals surface area contributed by atoms with Crippen molar-refractivity contribution < 1.29 is 9.90 Å². The van der Waals surface area contributed by atoms with Crippen LogP contribution in [0.2, 0.25) is 0 Å². The van der Waals surface area contributed by atoms with Crippen LogP contribution in [0.15, 0.2) is 6.20 Å². The van der Waals surface area contributed by atoms with Crippen LogP contribution in [0.3, 0.4) is 0 Å². The molecule has 0 fully saturated rings. The number of hydrogen-bond acceptors (Lipinski definition) is 3. The van der Waals surface area contributed by atoms with Crippen LogP contribution < -0.4 is 5.73 Å². The summed E-state index contributed by atoms with van der Waals surface area (Å²) in [5.41, 5.74) is 6.25. The number of aromatic nitrogens is 2. The Balaban J connectivity index is 2.96. The lowest BCUT2D eigenvalue weighted by atomic mass is 10.3. The van der Waals surface area contributed by atoms with Gasteiger partial charge in [-0.25, -0.2) is 4.79 Å². The van der Waals surface area contributed by atoms with E-state index in [1.54, 1.807) is 20.0 Å². The van der Waals surface area contributed by atoms with E-state index in [9.17, 15) is 4.79 Å². The van der Waals surface area contributed by atoms with Crippen molar-refractivity contribution in [1.29, 1.82) is 0 Å². The maximum atomic E-state index is 10.5. The molecular weight excluding hydrogens is 158 g/mol. The lowest BCUT2D eigenvalue weighted by Crippen LogP contribution is -2.16. The van der Waals surface area contributed by atoms with Gasteiger partial charge in [-0.1, -0.05) is 0 Å². The summed E-state index contributed by atoms with van der Waals surface area (Å²) in [7, 11) is 0. The highest BCUT2D eigenvalue weighted by Gasteiger charge is 2.14. The van der Waals surface area contributed by atoms with Crippen molar-refractivity contribution in [2.75, 3.05) is 5.73 Å². The fourth-order valence-electron chi connectivity index (χ4n) is 0.808. The SMILES string of the molecule is Cc1cn([C@@H](C)C(=O)O)nc1N. The van der Waals surface area contributed by atoms with Gasteiger partial charge in [-0.3, -0.25) is 4.68 Å². The number of nitrogens with zero attached hydrogens (tertiary/aromatic N) is 2. The minimum atomic E-state index is -0.919. The molecule has 3 N–H and O–H groups in total. The second-order valence-electron chi connectivity index (χ2n) is 2.69. The molecule has 1 atom stereocenters. The highest BCUT2D eigenvalue weighted by atomic mass is 16.4. The average Bonchev–Trinajstić information content (AvgIpc) is 2.30. The molecule has 66 valence electrons. The van der Waals surface area contributed by atoms with Crippen molar-refractivity contribution in [1.82, 2.24) is 9.78 Å². The van der Waals surface area contributed by atoms with Crippen LogP contribution in [0.25, 0.3) is 0 Å². The quantitative estimate of drug-likeness (QED) is 0.672. The van der Waals surface area contributed by atoms with Crippen LogP contribution >= 0.6 is 0 Å². The van der Waals surface area contributed by atoms with Gasteiger partial charge >= 0.3 is 5.97 Å². The van der Waals surface area contributed by atoms with E-state index in [1.165, 1.54) is 4.68 Å². The first-order valence-electron chi connectivity index (χ1n) is 3.56. The zero-order valence-corrected chi connectivity index (χ0v) is 6.98. The first-order valence-corrected chi connectivity index (χ1v) is 3.56. The number of nitrogens with two attached hydrogens (primary N) is 1. The van der Waals surface area contributed by atoms with E-state index in [0.717, 1.165) is 5.56 Å². The number of carbonyl (C=O) groups is 1. The van der Waals surface area contributed by atoms with Crippen molar-refractivity contribution in [3.8, 4) is 0 Å². The zero-order valence-electron chi connectivity index (χ0n) is 6.98. The molecule has 0 radical (unpaired) electrons. The molecule has 0 unspecified atom stereocenters. The molecule has 1 aromatic heterocycles. The van der Waals surface area contributed by atoms with Gasteiger partial charge < -0.3 is 10.8 Å². The molecule has 0 aromatic carbocycles. The van der Waals surface area contributed by atoms with E-state index < -0.39 is 12.0 Å². The zero-order chi connectivity index (χ0) is 9.30. The molecule has 5 nitrogen and oxygen atoms in total. The number of aryl methyl sites for hydroxylation is 1. The number of rotatable bonds is 2. The average molecular weight is 169 g/mol. The standard InChI is InChI=1S/C7H11N3O2/c1-4-3-10(9-6(4)8)5(2)7(11)12/h3,5H,1-2H3,(H2,8,9)(H,11,12)/t5-/m0/s1. The number of carboxylic acid groups (broad SMARTS) is 1. The van der Waals surface area contributed by atoms with Crippen LogP contribution in [0.4, 0.5) is 5.82 Å². The number of anilines is 1. The molecule has 0 spiro atoms. The summed E-state index contributed by atoms with van der Waals surface area (Å²) in [6.45, 7) is 3.33. The van der Waals surface area contributed by atoms with Crippen molar-refractivity contribution in [3.05, 3.63) is 11.8 Å².